The first-order chi connectivity index (χ1) is 6.92. The topological polar surface area (TPSA) is 73.1 Å². The molecular weight excluding hydrogens is 232 g/mol. The maximum atomic E-state index is 11.0. The van der Waals surface area contributed by atoms with Crippen molar-refractivity contribution in [2.75, 3.05) is 6.26 Å². The van der Waals surface area contributed by atoms with Gasteiger partial charge in [-0.15, -0.1) is 11.3 Å². The summed E-state index contributed by atoms with van der Waals surface area (Å²) >= 11 is 1.36. The van der Waals surface area contributed by atoms with Gasteiger partial charge in [-0.05, 0) is 6.42 Å². The maximum absolute atomic E-state index is 11.0. The highest BCUT2D eigenvalue weighted by Gasteiger charge is 2.12. The molecular formula is C9H16N2O2S2. The molecule has 1 unspecified atom stereocenters. The van der Waals surface area contributed by atoms with Crippen molar-refractivity contribution in [3.8, 4) is 0 Å². The lowest BCUT2D eigenvalue weighted by Gasteiger charge is -2.05. The summed E-state index contributed by atoms with van der Waals surface area (Å²) in [5, 5.41) is 2.47. The van der Waals surface area contributed by atoms with Crippen LogP contribution in [0.3, 0.4) is 0 Å². The van der Waals surface area contributed by atoms with Crippen molar-refractivity contribution in [3.05, 3.63) is 16.1 Å². The molecule has 2 N–H and O–H groups in total. The van der Waals surface area contributed by atoms with Gasteiger partial charge in [0.1, 0.15) is 10.8 Å². The van der Waals surface area contributed by atoms with E-state index in [-0.39, 0.29) is 11.8 Å². The van der Waals surface area contributed by atoms with Crippen LogP contribution in [0, 0.1) is 0 Å². The number of aromatic nitrogens is 1. The second-order valence-corrected chi connectivity index (χ2v) is 6.71. The molecule has 6 heteroatoms. The average Bonchev–Trinajstić information content (AvgIpc) is 2.50. The minimum absolute atomic E-state index is 0.0104. The molecule has 0 aliphatic heterocycles. The summed E-state index contributed by atoms with van der Waals surface area (Å²) in [4.78, 5) is 4.23. The molecule has 0 spiro atoms. The van der Waals surface area contributed by atoms with Crippen LogP contribution in [0.15, 0.2) is 5.38 Å². The number of hydrogen-bond acceptors (Lipinski definition) is 5. The van der Waals surface area contributed by atoms with E-state index in [0.29, 0.717) is 5.01 Å². The maximum Gasteiger partial charge on any atom is 0.153 e. The lowest BCUT2D eigenvalue weighted by Crippen LogP contribution is -2.10. The Bertz CT molecular complexity index is 412. The van der Waals surface area contributed by atoms with E-state index >= 15 is 0 Å². The number of sulfone groups is 1. The Balaban J connectivity index is 2.72. The summed E-state index contributed by atoms with van der Waals surface area (Å²) < 4.78 is 22.1. The van der Waals surface area contributed by atoms with E-state index in [2.05, 4.69) is 11.9 Å². The second kappa shape index (κ2) is 5.05. The van der Waals surface area contributed by atoms with Crippen LogP contribution in [-0.2, 0) is 15.6 Å². The zero-order valence-corrected chi connectivity index (χ0v) is 10.6. The first-order valence-corrected chi connectivity index (χ1v) is 7.74. The quantitative estimate of drug-likeness (QED) is 0.856. The van der Waals surface area contributed by atoms with E-state index in [9.17, 15) is 8.42 Å². The molecule has 1 atom stereocenters. The Morgan fingerprint density at radius 3 is 2.80 bits per heavy atom. The monoisotopic (exact) mass is 248 g/mol. The van der Waals surface area contributed by atoms with Crippen molar-refractivity contribution in [3.63, 3.8) is 0 Å². The summed E-state index contributed by atoms with van der Waals surface area (Å²) in [6.45, 7) is 2.06. The van der Waals surface area contributed by atoms with Gasteiger partial charge < -0.3 is 5.73 Å². The van der Waals surface area contributed by atoms with Crippen LogP contribution < -0.4 is 5.73 Å². The molecule has 1 aromatic heterocycles. The van der Waals surface area contributed by atoms with Gasteiger partial charge in [-0.2, -0.15) is 0 Å². The second-order valence-electron chi connectivity index (χ2n) is 3.63. The largest absolute Gasteiger partial charge is 0.323 e. The molecule has 0 aromatic carbocycles. The third-order valence-electron chi connectivity index (χ3n) is 1.93. The van der Waals surface area contributed by atoms with Crippen LogP contribution in [0.4, 0.5) is 0 Å². The molecule has 0 saturated heterocycles. The van der Waals surface area contributed by atoms with Gasteiger partial charge in [-0.1, -0.05) is 13.3 Å². The number of thiazole rings is 1. The van der Waals surface area contributed by atoms with Gasteiger partial charge in [0.15, 0.2) is 9.84 Å². The van der Waals surface area contributed by atoms with Crippen molar-refractivity contribution in [1.29, 1.82) is 0 Å². The lowest BCUT2D eigenvalue weighted by molar-refractivity contribution is 0.600. The molecule has 15 heavy (non-hydrogen) atoms. The van der Waals surface area contributed by atoms with E-state index in [4.69, 9.17) is 5.73 Å². The first kappa shape index (κ1) is 12.6. The van der Waals surface area contributed by atoms with Gasteiger partial charge >= 0.3 is 0 Å². The molecule has 0 amide bonds. The Morgan fingerprint density at radius 2 is 2.27 bits per heavy atom. The van der Waals surface area contributed by atoms with Crippen LogP contribution in [0.5, 0.6) is 0 Å². The van der Waals surface area contributed by atoms with Crippen LogP contribution in [-0.4, -0.2) is 19.7 Å². The highest BCUT2D eigenvalue weighted by molar-refractivity contribution is 7.90. The third-order valence-corrected chi connectivity index (χ3v) is 3.78. The fourth-order valence-electron chi connectivity index (χ4n) is 1.24. The van der Waals surface area contributed by atoms with Gasteiger partial charge in [-0.25, -0.2) is 13.4 Å². The smallest absolute Gasteiger partial charge is 0.153 e. The number of hydrogen-bond donors (Lipinski definition) is 1. The fraction of sp³-hybridized carbons (Fsp3) is 0.667. The Kier molecular flexibility index (Phi) is 4.24. The first-order valence-electron chi connectivity index (χ1n) is 4.80. The molecule has 0 aliphatic carbocycles. The normalized spacial score (nSPS) is 14.1. The molecule has 1 heterocycles. The number of rotatable bonds is 5. The summed E-state index contributed by atoms with van der Waals surface area (Å²) in [6.07, 6.45) is 3.09. The minimum Gasteiger partial charge on any atom is -0.323 e. The van der Waals surface area contributed by atoms with Gasteiger partial charge in [0, 0.05) is 17.7 Å². The molecule has 0 saturated carbocycles. The van der Waals surface area contributed by atoms with E-state index in [1.807, 2.05) is 5.38 Å². The predicted molar refractivity (Wildman–Crippen MR) is 62.5 cm³/mol. The van der Waals surface area contributed by atoms with Crippen LogP contribution >= 0.6 is 11.3 Å². The summed E-state index contributed by atoms with van der Waals surface area (Å²) in [5.41, 5.74) is 6.68. The van der Waals surface area contributed by atoms with Crippen molar-refractivity contribution in [2.24, 2.45) is 5.73 Å². The number of nitrogens with zero attached hydrogens (tertiary/aromatic N) is 1. The van der Waals surface area contributed by atoms with E-state index in [1.54, 1.807) is 0 Å². The van der Waals surface area contributed by atoms with Gasteiger partial charge in [0.25, 0.3) is 0 Å². The standard InChI is InChI=1S/C9H16N2O2S2/c1-3-4-7(10)8-5-14-9(11-8)6-15(2,12)13/h5,7H,3-4,6,10H2,1-2H3. The van der Waals surface area contributed by atoms with Gasteiger partial charge in [-0.3, -0.25) is 0 Å². The molecule has 86 valence electrons. The molecule has 0 fully saturated rings. The highest BCUT2D eigenvalue weighted by Crippen LogP contribution is 2.19. The minimum atomic E-state index is -2.99. The zero-order valence-electron chi connectivity index (χ0n) is 8.93. The van der Waals surface area contributed by atoms with Crippen molar-refractivity contribution in [1.82, 2.24) is 4.98 Å². The van der Waals surface area contributed by atoms with Crippen LogP contribution in [0.1, 0.15) is 36.5 Å². The van der Waals surface area contributed by atoms with Crippen molar-refractivity contribution in [2.45, 2.75) is 31.6 Å². The Hall–Kier alpha value is -0.460. The predicted octanol–water partition coefficient (Wildman–Crippen LogP) is 1.49. The Labute approximate surface area is 94.4 Å². The third kappa shape index (κ3) is 4.27. The van der Waals surface area contributed by atoms with Gasteiger partial charge in [0.05, 0.1) is 5.69 Å². The van der Waals surface area contributed by atoms with E-state index < -0.39 is 9.84 Å². The molecule has 1 rings (SSSR count). The van der Waals surface area contributed by atoms with E-state index in [0.717, 1.165) is 18.5 Å². The lowest BCUT2D eigenvalue weighted by atomic mass is 10.1. The molecule has 0 bridgehead atoms. The van der Waals surface area contributed by atoms with E-state index in [1.165, 1.54) is 17.6 Å². The molecule has 0 aliphatic rings. The summed E-state index contributed by atoms with van der Waals surface area (Å²) in [7, 11) is -2.99. The summed E-state index contributed by atoms with van der Waals surface area (Å²) in [5.74, 6) is 0.0104. The average molecular weight is 248 g/mol. The zero-order chi connectivity index (χ0) is 11.5. The molecule has 0 radical (unpaired) electrons. The van der Waals surface area contributed by atoms with Crippen LogP contribution in [0.25, 0.3) is 0 Å². The molecule has 4 nitrogen and oxygen atoms in total. The molecule has 1 aromatic rings. The fourth-order valence-corrected chi connectivity index (χ4v) is 3.31. The Morgan fingerprint density at radius 1 is 1.60 bits per heavy atom. The van der Waals surface area contributed by atoms with Crippen molar-refractivity contribution >= 4 is 21.2 Å². The number of nitrogens with two attached hydrogens (primary N) is 1. The van der Waals surface area contributed by atoms with Crippen molar-refractivity contribution < 1.29 is 8.42 Å². The SMILES string of the molecule is CCCC(N)c1csc(CS(C)(=O)=O)n1. The highest BCUT2D eigenvalue weighted by atomic mass is 32.2. The summed E-state index contributed by atoms with van der Waals surface area (Å²) in [6, 6.07) is -0.0699. The van der Waals surface area contributed by atoms with Gasteiger partial charge in [0.2, 0.25) is 0 Å². The van der Waals surface area contributed by atoms with Crippen LogP contribution in [0.2, 0.25) is 0 Å².